The first-order chi connectivity index (χ1) is 14.5. The minimum absolute atomic E-state index is 0.222. The van der Waals surface area contributed by atoms with Crippen LogP contribution >= 0.6 is 15.9 Å². The van der Waals surface area contributed by atoms with Gasteiger partial charge in [0.05, 0.1) is 16.1 Å². The van der Waals surface area contributed by atoms with E-state index in [4.69, 9.17) is 4.74 Å². The van der Waals surface area contributed by atoms with E-state index in [9.17, 15) is 13.2 Å². The number of hydrogen-bond acceptors (Lipinski definition) is 4. The van der Waals surface area contributed by atoms with Crippen LogP contribution in [-0.2, 0) is 14.8 Å². The Kier molecular flexibility index (Phi) is 5.92. The minimum Gasteiger partial charge on any atom is -0.454 e. The van der Waals surface area contributed by atoms with Gasteiger partial charge in [-0.2, -0.15) is 0 Å². The number of carbonyl (C=O) groups is 1. The van der Waals surface area contributed by atoms with Crippen LogP contribution in [0.3, 0.4) is 0 Å². The van der Waals surface area contributed by atoms with E-state index in [0.29, 0.717) is 36.2 Å². The Morgan fingerprint density at radius 1 is 0.933 bits per heavy atom. The fraction of sp³-hybridized carbons (Fsp3) is 0.174. The molecule has 3 aromatic carbocycles. The van der Waals surface area contributed by atoms with Crippen LogP contribution in [0, 0.1) is 0 Å². The first kappa shape index (κ1) is 20.6. The van der Waals surface area contributed by atoms with Crippen LogP contribution in [0.15, 0.2) is 88.2 Å². The molecular formula is C23H20BrNO4S. The number of nitrogens with zero attached hydrogens (tertiary/aromatic N) is 1. The summed E-state index contributed by atoms with van der Waals surface area (Å²) in [6.45, 7) is 0.314. The van der Waals surface area contributed by atoms with E-state index in [-0.39, 0.29) is 4.90 Å². The lowest BCUT2D eigenvalue weighted by molar-refractivity contribution is 0.0279. The number of anilines is 1. The molecule has 0 spiro atoms. The first-order valence-corrected chi connectivity index (χ1v) is 11.8. The summed E-state index contributed by atoms with van der Waals surface area (Å²) in [5, 5.41) is 0. The molecule has 0 aliphatic carbocycles. The third-order valence-corrected chi connectivity index (χ3v) is 7.40. The number of esters is 1. The lowest BCUT2D eigenvalue weighted by atomic mass is 10.0. The molecule has 5 nitrogen and oxygen atoms in total. The van der Waals surface area contributed by atoms with Crippen molar-refractivity contribution in [2.75, 3.05) is 10.8 Å². The van der Waals surface area contributed by atoms with Gasteiger partial charge in [0, 0.05) is 16.6 Å². The molecule has 1 aliphatic rings. The highest BCUT2D eigenvalue weighted by Gasteiger charge is 2.32. The summed E-state index contributed by atoms with van der Waals surface area (Å²) in [5.41, 5.74) is 1.71. The van der Waals surface area contributed by atoms with E-state index in [2.05, 4.69) is 15.9 Å². The number of benzene rings is 3. The number of halogens is 1. The standard InChI is InChI=1S/C23H20BrNO4S/c24-18-12-14-19(15-13-18)30(27,28)25-16-6-11-22(20-9-4-5-10-21(20)25)29-23(26)17-7-2-1-3-8-17/h1-5,7-10,12-15,22H,6,11,16H2/t22-/m0/s1. The van der Waals surface area contributed by atoms with Crippen molar-refractivity contribution >= 4 is 37.6 Å². The largest absolute Gasteiger partial charge is 0.454 e. The topological polar surface area (TPSA) is 63.7 Å². The summed E-state index contributed by atoms with van der Waals surface area (Å²) in [7, 11) is -3.75. The molecule has 0 unspecified atom stereocenters. The van der Waals surface area contributed by atoms with Gasteiger partial charge in [0.1, 0.15) is 6.10 Å². The molecule has 1 aliphatic heterocycles. The second kappa shape index (κ2) is 8.62. The zero-order valence-electron chi connectivity index (χ0n) is 16.1. The second-order valence-corrected chi connectivity index (χ2v) is 9.77. The average Bonchev–Trinajstić information content (AvgIpc) is 2.95. The molecule has 0 N–H and O–H groups in total. The number of rotatable bonds is 4. The van der Waals surface area contributed by atoms with Gasteiger partial charge in [0.25, 0.3) is 10.0 Å². The number of para-hydroxylation sites is 1. The third kappa shape index (κ3) is 4.13. The smallest absolute Gasteiger partial charge is 0.338 e. The van der Waals surface area contributed by atoms with Gasteiger partial charge in [-0.05, 0) is 55.3 Å². The Hall–Kier alpha value is -2.64. The van der Waals surface area contributed by atoms with Crippen LogP contribution < -0.4 is 4.31 Å². The molecule has 0 saturated heterocycles. The molecule has 0 amide bonds. The van der Waals surface area contributed by atoms with Gasteiger partial charge < -0.3 is 4.74 Å². The molecule has 1 atom stereocenters. The second-order valence-electron chi connectivity index (χ2n) is 6.99. The third-order valence-electron chi connectivity index (χ3n) is 5.04. The summed E-state index contributed by atoms with van der Waals surface area (Å²) in [4.78, 5) is 12.8. The van der Waals surface area contributed by atoms with Crippen LogP contribution in [0.1, 0.15) is 34.9 Å². The maximum Gasteiger partial charge on any atom is 0.338 e. The van der Waals surface area contributed by atoms with Crippen LogP contribution in [0.5, 0.6) is 0 Å². The fourth-order valence-corrected chi connectivity index (χ4v) is 5.35. The van der Waals surface area contributed by atoms with E-state index in [1.54, 1.807) is 60.7 Å². The van der Waals surface area contributed by atoms with E-state index in [1.165, 1.54) is 4.31 Å². The Labute approximate surface area is 184 Å². The summed E-state index contributed by atoms with van der Waals surface area (Å²) in [6, 6.07) is 22.6. The highest BCUT2D eigenvalue weighted by Crippen LogP contribution is 2.38. The van der Waals surface area contributed by atoms with Crippen molar-refractivity contribution in [1.29, 1.82) is 0 Å². The number of ether oxygens (including phenoxy) is 1. The lowest BCUT2D eigenvalue weighted by Gasteiger charge is -2.25. The van der Waals surface area contributed by atoms with Gasteiger partial charge in [0.2, 0.25) is 0 Å². The summed E-state index contributed by atoms with van der Waals surface area (Å²) in [6.07, 6.45) is 0.595. The Bertz CT molecular complexity index is 1150. The predicted octanol–water partition coefficient (Wildman–Crippen LogP) is 5.34. The molecule has 0 saturated carbocycles. The van der Waals surface area contributed by atoms with Crippen LogP contribution in [0.25, 0.3) is 0 Å². The molecule has 0 aromatic heterocycles. The monoisotopic (exact) mass is 485 g/mol. The number of carbonyl (C=O) groups excluding carboxylic acids is 1. The Morgan fingerprint density at radius 3 is 2.33 bits per heavy atom. The van der Waals surface area contributed by atoms with Gasteiger partial charge in [-0.15, -0.1) is 0 Å². The lowest BCUT2D eigenvalue weighted by Crippen LogP contribution is -2.31. The van der Waals surface area contributed by atoms with Gasteiger partial charge >= 0.3 is 5.97 Å². The SMILES string of the molecule is O=C(O[C@H]1CCCN(S(=O)(=O)c2ccc(Br)cc2)c2ccccc21)c1ccccc1. The molecule has 0 radical (unpaired) electrons. The van der Waals surface area contributed by atoms with Crippen molar-refractivity contribution in [1.82, 2.24) is 0 Å². The molecule has 7 heteroatoms. The molecule has 3 aromatic rings. The summed E-state index contributed by atoms with van der Waals surface area (Å²) < 4.78 is 34.8. The fourth-order valence-electron chi connectivity index (χ4n) is 3.56. The molecule has 0 fully saturated rings. The van der Waals surface area contributed by atoms with Crippen molar-refractivity contribution in [2.24, 2.45) is 0 Å². The molecular weight excluding hydrogens is 466 g/mol. The molecule has 4 rings (SSSR count). The zero-order valence-corrected chi connectivity index (χ0v) is 18.5. The van der Waals surface area contributed by atoms with Crippen LogP contribution in [0.4, 0.5) is 5.69 Å². The molecule has 30 heavy (non-hydrogen) atoms. The van der Waals surface area contributed by atoms with E-state index in [0.717, 1.165) is 4.47 Å². The normalized spacial score (nSPS) is 16.4. The van der Waals surface area contributed by atoms with Crippen LogP contribution in [-0.4, -0.2) is 20.9 Å². The Balaban J connectivity index is 1.69. The maximum absolute atomic E-state index is 13.4. The van der Waals surface area contributed by atoms with E-state index in [1.807, 2.05) is 18.2 Å². The van der Waals surface area contributed by atoms with Gasteiger partial charge in [0.15, 0.2) is 0 Å². The number of fused-ring (bicyclic) bond motifs is 1. The average molecular weight is 486 g/mol. The minimum atomic E-state index is -3.75. The Morgan fingerprint density at radius 2 is 1.60 bits per heavy atom. The zero-order chi connectivity index (χ0) is 21.1. The van der Waals surface area contributed by atoms with Crippen molar-refractivity contribution in [2.45, 2.75) is 23.8 Å². The molecule has 0 bridgehead atoms. The van der Waals surface area contributed by atoms with Gasteiger partial charge in [-0.25, -0.2) is 13.2 Å². The number of hydrogen-bond donors (Lipinski definition) is 0. The molecule has 154 valence electrons. The van der Waals surface area contributed by atoms with Crippen molar-refractivity contribution in [3.05, 3.63) is 94.5 Å². The maximum atomic E-state index is 13.4. The predicted molar refractivity (Wildman–Crippen MR) is 119 cm³/mol. The number of sulfonamides is 1. The van der Waals surface area contributed by atoms with Gasteiger partial charge in [-0.3, -0.25) is 4.31 Å². The van der Waals surface area contributed by atoms with E-state index >= 15 is 0 Å². The summed E-state index contributed by atoms with van der Waals surface area (Å²) >= 11 is 3.34. The quantitative estimate of drug-likeness (QED) is 0.468. The van der Waals surface area contributed by atoms with E-state index < -0.39 is 22.1 Å². The highest BCUT2D eigenvalue weighted by atomic mass is 79.9. The highest BCUT2D eigenvalue weighted by molar-refractivity contribution is 9.10. The first-order valence-electron chi connectivity index (χ1n) is 9.60. The van der Waals surface area contributed by atoms with Crippen LogP contribution in [0.2, 0.25) is 0 Å². The van der Waals surface area contributed by atoms with Crippen molar-refractivity contribution in [3.63, 3.8) is 0 Å². The van der Waals surface area contributed by atoms with Crippen molar-refractivity contribution < 1.29 is 17.9 Å². The summed E-state index contributed by atoms with van der Waals surface area (Å²) in [5.74, 6) is -0.417. The van der Waals surface area contributed by atoms with Crippen molar-refractivity contribution in [3.8, 4) is 0 Å². The van der Waals surface area contributed by atoms with Gasteiger partial charge in [-0.1, -0.05) is 52.3 Å². The molecule has 1 heterocycles.